The molecule has 1 aromatic rings. The van der Waals surface area contributed by atoms with Crippen LogP contribution in [0.4, 0.5) is 0 Å². The van der Waals surface area contributed by atoms with E-state index in [1.807, 2.05) is 25.1 Å². The monoisotopic (exact) mass is 465 g/mol. The summed E-state index contributed by atoms with van der Waals surface area (Å²) >= 11 is 6.04. The van der Waals surface area contributed by atoms with Gasteiger partial charge in [0.05, 0.1) is 24.9 Å². The fourth-order valence-electron chi connectivity index (χ4n) is 3.30. The Hall–Kier alpha value is -0.730. The molecule has 0 saturated carbocycles. The van der Waals surface area contributed by atoms with Crippen molar-refractivity contribution >= 4 is 41.5 Å². The van der Waals surface area contributed by atoms with Gasteiger partial charge in [0.15, 0.2) is 5.96 Å². The van der Waals surface area contributed by atoms with Crippen molar-refractivity contribution in [3.63, 3.8) is 0 Å². The molecule has 2 saturated heterocycles. The molecule has 2 heterocycles. The van der Waals surface area contributed by atoms with Crippen molar-refractivity contribution in [3.05, 3.63) is 28.8 Å². The molecule has 2 aliphatic rings. The average molecular weight is 466 g/mol. The molecular formula is C17H25ClIN3O2. The van der Waals surface area contributed by atoms with Crippen LogP contribution in [0.25, 0.3) is 0 Å². The van der Waals surface area contributed by atoms with Gasteiger partial charge in [-0.25, -0.2) is 0 Å². The van der Waals surface area contributed by atoms with Crippen LogP contribution >= 0.6 is 35.6 Å². The fraction of sp³-hybridized carbons (Fsp3) is 0.588. The van der Waals surface area contributed by atoms with Crippen LogP contribution in [0.5, 0.6) is 5.75 Å². The van der Waals surface area contributed by atoms with Crippen LogP contribution in [0, 0.1) is 0 Å². The van der Waals surface area contributed by atoms with Crippen molar-refractivity contribution in [2.75, 3.05) is 13.7 Å². The largest absolute Gasteiger partial charge is 0.493 e. The van der Waals surface area contributed by atoms with Crippen LogP contribution < -0.4 is 15.4 Å². The Morgan fingerprint density at radius 3 is 2.88 bits per heavy atom. The summed E-state index contributed by atoms with van der Waals surface area (Å²) in [5, 5.41) is 7.51. The molecular weight excluding hydrogens is 441 g/mol. The van der Waals surface area contributed by atoms with E-state index in [0.29, 0.717) is 36.4 Å². The SMILES string of the molecule is CCOc1cc(Cl)ccc1CNC(=NC)NC1CC2CCC1O2.I. The van der Waals surface area contributed by atoms with E-state index in [2.05, 4.69) is 15.6 Å². The van der Waals surface area contributed by atoms with Gasteiger partial charge in [-0.3, -0.25) is 4.99 Å². The number of hydrogen-bond donors (Lipinski definition) is 2. The van der Waals surface area contributed by atoms with E-state index in [-0.39, 0.29) is 24.0 Å². The lowest BCUT2D eigenvalue weighted by Crippen LogP contribution is -2.47. The van der Waals surface area contributed by atoms with E-state index in [0.717, 1.165) is 30.1 Å². The van der Waals surface area contributed by atoms with Crippen LogP contribution in [-0.4, -0.2) is 37.9 Å². The van der Waals surface area contributed by atoms with Crippen LogP contribution in [0.2, 0.25) is 5.02 Å². The molecule has 0 aliphatic carbocycles. The maximum atomic E-state index is 6.04. The fourth-order valence-corrected chi connectivity index (χ4v) is 3.47. The summed E-state index contributed by atoms with van der Waals surface area (Å²) in [5.41, 5.74) is 1.06. The number of ether oxygens (including phenoxy) is 2. The molecule has 134 valence electrons. The Labute approximate surface area is 165 Å². The first-order chi connectivity index (χ1) is 11.2. The van der Waals surface area contributed by atoms with Crippen molar-refractivity contribution < 1.29 is 9.47 Å². The van der Waals surface area contributed by atoms with Gasteiger partial charge < -0.3 is 20.1 Å². The first-order valence-electron chi connectivity index (χ1n) is 8.23. The zero-order valence-corrected chi connectivity index (χ0v) is 17.1. The first-order valence-corrected chi connectivity index (χ1v) is 8.61. The highest BCUT2D eigenvalue weighted by Gasteiger charge is 2.41. The average Bonchev–Trinajstić information content (AvgIpc) is 3.16. The van der Waals surface area contributed by atoms with E-state index >= 15 is 0 Å². The van der Waals surface area contributed by atoms with Crippen LogP contribution in [-0.2, 0) is 11.3 Å². The van der Waals surface area contributed by atoms with E-state index in [1.165, 1.54) is 6.42 Å². The lowest BCUT2D eigenvalue weighted by atomic mass is 9.96. The molecule has 2 fully saturated rings. The topological polar surface area (TPSA) is 54.9 Å². The summed E-state index contributed by atoms with van der Waals surface area (Å²) in [6.45, 7) is 3.21. The molecule has 3 unspecified atom stereocenters. The minimum atomic E-state index is 0. The predicted octanol–water partition coefficient (Wildman–Crippen LogP) is 3.34. The van der Waals surface area contributed by atoms with E-state index < -0.39 is 0 Å². The first kappa shape index (κ1) is 19.6. The Balaban J connectivity index is 0.00000208. The number of benzene rings is 1. The highest BCUT2D eigenvalue weighted by molar-refractivity contribution is 14.0. The van der Waals surface area contributed by atoms with Crippen molar-refractivity contribution in [1.82, 2.24) is 10.6 Å². The Morgan fingerprint density at radius 1 is 1.42 bits per heavy atom. The number of rotatable bonds is 5. The van der Waals surface area contributed by atoms with Crippen LogP contribution in [0.3, 0.4) is 0 Å². The van der Waals surface area contributed by atoms with Crippen LogP contribution in [0.1, 0.15) is 31.7 Å². The van der Waals surface area contributed by atoms with Crippen molar-refractivity contribution in [3.8, 4) is 5.75 Å². The smallest absolute Gasteiger partial charge is 0.191 e. The summed E-state index contributed by atoms with van der Waals surface area (Å²) in [4.78, 5) is 4.32. The minimum absolute atomic E-state index is 0. The molecule has 1 aromatic carbocycles. The van der Waals surface area contributed by atoms with Gasteiger partial charge in [-0.15, -0.1) is 24.0 Å². The van der Waals surface area contributed by atoms with E-state index in [1.54, 1.807) is 7.05 Å². The van der Waals surface area contributed by atoms with Gasteiger partial charge in [0, 0.05) is 24.2 Å². The van der Waals surface area contributed by atoms with Crippen molar-refractivity contribution in [2.45, 2.75) is 51.0 Å². The molecule has 3 rings (SSSR count). The summed E-state index contributed by atoms with van der Waals surface area (Å²) in [5.74, 6) is 1.61. The van der Waals surface area contributed by atoms with Crippen LogP contribution in [0.15, 0.2) is 23.2 Å². The third-order valence-electron chi connectivity index (χ3n) is 4.43. The highest BCUT2D eigenvalue weighted by Crippen LogP contribution is 2.34. The van der Waals surface area contributed by atoms with Gasteiger partial charge >= 0.3 is 0 Å². The highest BCUT2D eigenvalue weighted by atomic mass is 127. The second-order valence-electron chi connectivity index (χ2n) is 5.97. The van der Waals surface area contributed by atoms with E-state index in [4.69, 9.17) is 21.1 Å². The normalized spacial score (nSPS) is 25.3. The zero-order valence-electron chi connectivity index (χ0n) is 14.0. The second kappa shape index (κ2) is 9.10. The molecule has 7 heteroatoms. The lowest BCUT2D eigenvalue weighted by molar-refractivity contribution is 0.0992. The maximum Gasteiger partial charge on any atom is 0.191 e. The standard InChI is InChI=1S/C17H24ClN3O2.HI/c1-3-22-16-8-12(18)5-4-11(16)10-20-17(19-2)21-14-9-13-6-7-15(14)23-13;/h4-5,8,13-15H,3,6-7,9-10H2,1-2H3,(H2,19,20,21);1H. The van der Waals surface area contributed by atoms with Gasteiger partial charge in [0.25, 0.3) is 0 Å². The van der Waals surface area contributed by atoms with Crippen molar-refractivity contribution in [1.29, 1.82) is 0 Å². The number of halogens is 2. The molecule has 2 aliphatic heterocycles. The molecule has 3 atom stereocenters. The molecule has 2 bridgehead atoms. The number of fused-ring (bicyclic) bond motifs is 2. The third-order valence-corrected chi connectivity index (χ3v) is 4.66. The van der Waals surface area contributed by atoms with Crippen molar-refractivity contribution in [2.24, 2.45) is 4.99 Å². The molecule has 24 heavy (non-hydrogen) atoms. The molecule has 0 amide bonds. The predicted molar refractivity (Wildman–Crippen MR) is 108 cm³/mol. The summed E-state index contributed by atoms with van der Waals surface area (Å²) in [6.07, 6.45) is 4.16. The molecule has 5 nitrogen and oxygen atoms in total. The number of nitrogens with one attached hydrogen (secondary N) is 2. The number of guanidine groups is 1. The van der Waals surface area contributed by atoms with Gasteiger partial charge in [0.2, 0.25) is 0 Å². The maximum absolute atomic E-state index is 6.04. The summed E-state index contributed by atoms with van der Waals surface area (Å²) in [6, 6.07) is 6.06. The molecule has 0 radical (unpaired) electrons. The molecule has 0 aromatic heterocycles. The number of nitrogens with zero attached hydrogens (tertiary/aromatic N) is 1. The number of hydrogen-bond acceptors (Lipinski definition) is 3. The second-order valence-corrected chi connectivity index (χ2v) is 6.41. The summed E-state index contributed by atoms with van der Waals surface area (Å²) < 4.78 is 11.5. The van der Waals surface area contributed by atoms with Gasteiger partial charge in [-0.1, -0.05) is 17.7 Å². The quantitative estimate of drug-likeness (QED) is 0.398. The zero-order chi connectivity index (χ0) is 16.2. The Kier molecular flexibility index (Phi) is 7.43. The van der Waals surface area contributed by atoms with E-state index in [9.17, 15) is 0 Å². The van der Waals surface area contributed by atoms with Gasteiger partial charge in [-0.2, -0.15) is 0 Å². The number of aliphatic imine (C=N–C) groups is 1. The lowest BCUT2D eigenvalue weighted by Gasteiger charge is -2.23. The Bertz CT molecular complexity index is 585. The minimum Gasteiger partial charge on any atom is -0.493 e. The van der Waals surface area contributed by atoms with Gasteiger partial charge in [-0.05, 0) is 38.3 Å². The van der Waals surface area contributed by atoms with Gasteiger partial charge in [0.1, 0.15) is 5.75 Å². The summed E-state index contributed by atoms with van der Waals surface area (Å²) in [7, 11) is 1.79. The third kappa shape index (κ3) is 4.67. The molecule has 0 spiro atoms. The Morgan fingerprint density at radius 2 is 2.25 bits per heavy atom. The molecule has 2 N–H and O–H groups in total.